The van der Waals surface area contributed by atoms with Gasteiger partial charge in [-0.2, -0.15) is 5.26 Å². The SMILES string of the molecule is COC(=O)C(C#N)CC(=O)c1cc(C)ccc1OC. The first-order chi connectivity index (χ1) is 9.03. The van der Waals surface area contributed by atoms with Crippen molar-refractivity contribution in [3.63, 3.8) is 0 Å². The molecule has 0 spiro atoms. The topological polar surface area (TPSA) is 76.4 Å². The van der Waals surface area contributed by atoms with Crippen molar-refractivity contribution < 1.29 is 19.1 Å². The second-order valence-electron chi connectivity index (χ2n) is 4.04. The van der Waals surface area contributed by atoms with Crippen LogP contribution in [0.3, 0.4) is 0 Å². The summed E-state index contributed by atoms with van der Waals surface area (Å²) in [5.41, 5.74) is 1.27. The molecular formula is C14H15NO4. The van der Waals surface area contributed by atoms with Crippen LogP contribution < -0.4 is 4.74 Å². The molecular weight excluding hydrogens is 246 g/mol. The third-order valence-corrected chi connectivity index (χ3v) is 2.69. The van der Waals surface area contributed by atoms with Gasteiger partial charge in [0.2, 0.25) is 0 Å². The fraction of sp³-hybridized carbons (Fsp3) is 0.357. The van der Waals surface area contributed by atoms with Gasteiger partial charge in [0.25, 0.3) is 0 Å². The van der Waals surface area contributed by atoms with Crippen LogP contribution in [-0.2, 0) is 9.53 Å². The summed E-state index contributed by atoms with van der Waals surface area (Å²) in [4.78, 5) is 23.4. The number of rotatable bonds is 5. The Hall–Kier alpha value is -2.35. The molecule has 1 aromatic rings. The van der Waals surface area contributed by atoms with Crippen LogP contribution in [0.25, 0.3) is 0 Å². The molecule has 5 nitrogen and oxygen atoms in total. The first-order valence-electron chi connectivity index (χ1n) is 5.68. The lowest BCUT2D eigenvalue weighted by molar-refractivity contribution is -0.143. The summed E-state index contributed by atoms with van der Waals surface area (Å²) in [5, 5.41) is 8.87. The summed E-state index contributed by atoms with van der Waals surface area (Å²) in [5.74, 6) is -1.69. The zero-order valence-corrected chi connectivity index (χ0v) is 11.1. The Morgan fingerprint density at radius 2 is 2.05 bits per heavy atom. The highest BCUT2D eigenvalue weighted by molar-refractivity contribution is 6.01. The summed E-state index contributed by atoms with van der Waals surface area (Å²) in [6.07, 6.45) is -0.219. The van der Waals surface area contributed by atoms with Crippen LogP contribution in [0.5, 0.6) is 5.75 Å². The van der Waals surface area contributed by atoms with E-state index in [1.54, 1.807) is 18.2 Å². The van der Waals surface area contributed by atoms with E-state index in [1.165, 1.54) is 14.2 Å². The van der Waals surface area contributed by atoms with Crippen LogP contribution >= 0.6 is 0 Å². The number of methoxy groups -OCH3 is 2. The Bertz CT molecular complexity index is 531. The molecule has 1 aromatic carbocycles. The van der Waals surface area contributed by atoms with Crippen molar-refractivity contribution in [2.24, 2.45) is 5.92 Å². The Morgan fingerprint density at radius 1 is 1.37 bits per heavy atom. The second-order valence-corrected chi connectivity index (χ2v) is 4.04. The fourth-order valence-corrected chi connectivity index (χ4v) is 1.66. The van der Waals surface area contributed by atoms with Gasteiger partial charge in [0.05, 0.1) is 25.9 Å². The van der Waals surface area contributed by atoms with Crippen LogP contribution in [0, 0.1) is 24.2 Å². The van der Waals surface area contributed by atoms with Crippen LogP contribution in [0.15, 0.2) is 18.2 Å². The first kappa shape index (κ1) is 14.7. The van der Waals surface area contributed by atoms with Crippen molar-refractivity contribution in [2.75, 3.05) is 14.2 Å². The molecule has 1 rings (SSSR count). The van der Waals surface area contributed by atoms with Gasteiger partial charge >= 0.3 is 5.97 Å². The van der Waals surface area contributed by atoms with Gasteiger partial charge in [-0.3, -0.25) is 9.59 Å². The number of ether oxygens (including phenoxy) is 2. The smallest absolute Gasteiger partial charge is 0.323 e. The number of benzene rings is 1. The van der Waals surface area contributed by atoms with E-state index < -0.39 is 11.9 Å². The number of hydrogen-bond acceptors (Lipinski definition) is 5. The second kappa shape index (κ2) is 6.55. The lowest BCUT2D eigenvalue weighted by Crippen LogP contribution is -2.18. The Kier molecular flexibility index (Phi) is 5.07. The van der Waals surface area contributed by atoms with Gasteiger partial charge in [-0.05, 0) is 19.1 Å². The number of Topliss-reactive ketones (excluding diaryl/α,β-unsaturated/α-hetero) is 1. The molecule has 0 heterocycles. The zero-order valence-electron chi connectivity index (χ0n) is 11.1. The van der Waals surface area contributed by atoms with E-state index in [9.17, 15) is 9.59 Å². The van der Waals surface area contributed by atoms with Gasteiger partial charge in [-0.1, -0.05) is 11.6 Å². The molecule has 1 atom stereocenters. The number of carbonyl (C=O) groups is 2. The molecule has 0 aromatic heterocycles. The minimum atomic E-state index is -1.09. The Labute approximate surface area is 111 Å². The number of carbonyl (C=O) groups excluding carboxylic acids is 2. The van der Waals surface area contributed by atoms with Gasteiger partial charge in [0, 0.05) is 6.42 Å². The van der Waals surface area contributed by atoms with E-state index in [4.69, 9.17) is 10.00 Å². The van der Waals surface area contributed by atoms with Gasteiger partial charge in [-0.15, -0.1) is 0 Å². The average Bonchev–Trinajstić information content (AvgIpc) is 2.43. The molecule has 0 fully saturated rings. The highest BCUT2D eigenvalue weighted by Crippen LogP contribution is 2.22. The van der Waals surface area contributed by atoms with E-state index in [1.807, 2.05) is 13.0 Å². The van der Waals surface area contributed by atoms with Crippen LogP contribution in [0.4, 0.5) is 0 Å². The molecule has 5 heteroatoms. The molecule has 0 aliphatic rings. The minimum Gasteiger partial charge on any atom is -0.496 e. The van der Waals surface area contributed by atoms with Gasteiger partial charge < -0.3 is 9.47 Å². The lowest BCUT2D eigenvalue weighted by Gasteiger charge is -2.10. The largest absolute Gasteiger partial charge is 0.496 e. The molecule has 0 amide bonds. The van der Waals surface area contributed by atoms with E-state index in [0.717, 1.165) is 5.56 Å². The van der Waals surface area contributed by atoms with E-state index in [2.05, 4.69) is 4.74 Å². The summed E-state index contributed by atoms with van der Waals surface area (Å²) in [6.45, 7) is 1.85. The predicted octanol–water partition coefficient (Wildman–Crippen LogP) is 1.89. The average molecular weight is 261 g/mol. The third kappa shape index (κ3) is 3.55. The number of ketones is 1. The third-order valence-electron chi connectivity index (χ3n) is 2.69. The molecule has 0 N–H and O–H groups in total. The molecule has 19 heavy (non-hydrogen) atoms. The quantitative estimate of drug-likeness (QED) is 0.597. The van der Waals surface area contributed by atoms with Gasteiger partial charge in [0.1, 0.15) is 5.75 Å². The minimum absolute atomic E-state index is 0.219. The van der Waals surface area contributed by atoms with Crippen molar-refractivity contribution in [3.8, 4) is 11.8 Å². The number of nitriles is 1. The number of nitrogens with zero attached hydrogens (tertiary/aromatic N) is 1. The van der Waals surface area contributed by atoms with E-state index >= 15 is 0 Å². The Morgan fingerprint density at radius 3 is 2.58 bits per heavy atom. The maximum Gasteiger partial charge on any atom is 0.323 e. The molecule has 0 saturated carbocycles. The fourth-order valence-electron chi connectivity index (χ4n) is 1.66. The monoisotopic (exact) mass is 261 g/mol. The number of aryl methyl sites for hydroxylation is 1. The predicted molar refractivity (Wildman–Crippen MR) is 67.8 cm³/mol. The van der Waals surface area contributed by atoms with Crippen LogP contribution in [0.1, 0.15) is 22.3 Å². The first-order valence-corrected chi connectivity index (χ1v) is 5.68. The van der Waals surface area contributed by atoms with Gasteiger partial charge in [-0.25, -0.2) is 0 Å². The van der Waals surface area contributed by atoms with Crippen molar-refractivity contribution in [3.05, 3.63) is 29.3 Å². The normalized spacial score (nSPS) is 11.3. The van der Waals surface area contributed by atoms with Crippen molar-refractivity contribution >= 4 is 11.8 Å². The zero-order chi connectivity index (χ0) is 14.4. The summed E-state index contributed by atoms with van der Waals surface area (Å²) in [7, 11) is 2.65. The van der Waals surface area contributed by atoms with Crippen LogP contribution in [-0.4, -0.2) is 26.0 Å². The van der Waals surface area contributed by atoms with Crippen molar-refractivity contribution in [1.29, 1.82) is 5.26 Å². The summed E-state index contributed by atoms with van der Waals surface area (Å²) >= 11 is 0. The summed E-state index contributed by atoms with van der Waals surface area (Å²) in [6, 6.07) is 6.94. The molecule has 0 saturated heterocycles. The lowest BCUT2D eigenvalue weighted by atomic mass is 9.97. The maximum absolute atomic E-state index is 12.1. The van der Waals surface area contributed by atoms with Crippen LogP contribution in [0.2, 0.25) is 0 Å². The highest BCUT2D eigenvalue weighted by atomic mass is 16.5. The van der Waals surface area contributed by atoms with E-state index in [-0.39, 0.29) is 12.2 Å². The molecule has 100 valence electrons. The van der Waals surface area contributed by atoms with Gasteiger partial charge in [0.15, 0.2) is 11.7 Å². The van der Waals surface area contributed by atoms with Crippen molar-refractivity contribution in [1.82, 2.24) is 0 Å². The van der Waals surface area contributed by atoms with E-state index in [0.29, 0.717) is 11.3 Å². The number of esters is 1. The Balaban J connectivity index is 2.98. The maximum atomic E-state index is 12.1. The molecule has 0 aliphatic carbocycles. The van der Waals surface area contributed by atoms with Crippen molar-refractivity contribution in [2.45, 2.75) is 13.3 Å². The number of hydrogen-bond donors (Lipinski definition) is 0. The molecule has 1 unspecified atom stereocenters. The molecule has 0 aliphatic heterocycles. The standard InChI is InChI=1S/C14H15NO4/c1-9-4-5-13(18-2)11(6-9)12(16)7-10(8-15)14(17)19-3/h4-6,10H,7H2,1-3H3. The molecule has 0 radical (unpaired) electrons. The molecule has 0 bridgehead atoms. The highest BCUT2D eigenvalue weighted by Gasteiger charge is 2.24. The summed E-state index contributed by atoms with van der Waals surface area (Å²) < 4.78 is 9.58.